The Hall–Kier alpha value is -1.88. The summed E-state index contributed by atoms with van der Waals surface area (Å²) < 4.78 is 0. The molecule has 142 valence electrons. The van der Waals surface area contributed by atoms with Gasteiger partial charge in [-0.2, -0.15) is 0 Å². The number of nitrogens with one attached hydrogen (secondary N) is 1. The lowest BCUT2D eigenvalue weighted by atomic mass is 9.85. The van der Waals surface area contributed by atoms with E-state index in [-0.39, 0.29) is 29.4 Å². The molecule has 26 heavy (non-hydrogen) atoms. The molecule has 2 amide bonds. The number of carbonyl (C=O) groups is 2. The molecule has 2 aliphatic rings. The highest BCUT2D eigenvalue weighted by Crippen LogP contribution is 2.39. The summed E-state index contributed by atoms with van der Waals surface area (Å²) in [5, 5.41) is 3.26. The maximum Gasteiger partial charge on any atom is 0.237 e. The third kappa shape index (κ3) is 4.09. The van der Waals surface area contributed by atoms with Crippen LogP contribution in [-0.2, 0) is 16.0 Å². The number of likely N-dealkylation sites (N-methyl/N-ethyl adjacent to an activating group) is 1. The predicted octanol–water partition coefficient (Wildman–Crippen LogP) is 2.21. The Morgan fingerprint density at radius 3 is 2.69 bits per heavy atom. The third-order valence-electron chi connectivity index (χ3n) is 5.73. The lowest BCUT2D eigenvalue weighted by molar-refractivity contribution is -0.136. The number of nitrogens with zero attached hydrogens (tertiary/aromatic N) is 2. The molecule has 0 bridgehead atoms. The van der Waals surface area contributed by atoms with Crippen molar-refractivity contribution in [3.8, 4) is 0 Å². The maximum absolute atomic E-state index is 13.1. The molecule has 0 aromatic heterocycles. The molecule has 3 rings (SSSR count). The van der Waals surface area contributed by atoms with Crippen molar-refractivity contribution < 1.29 is 9.59 Å². The summed E-state index contributed by atoms with van der Waals surface area (Å²) in [5.74, 6) is 0.289. The van der Waals surface area contributed by atoms with Gasteiger partial charge in [0.25, 0.3) is 0 Å². The Morgan fingerprint density at radius 2 is 2.00 bits per heavy atom. The van der Waals surface area contributed by atoms with E-state index in [4.69, 9.17) is 0 Å². The van der Waals surface area contributed by atoms with E-state index in [0.29, 0.717) is 13.0 Å². The van der Waals surface area contributed by atoms with E-state index >= 15 is 0 Å². The number of hydrogen-bond acceptors (Lipinski definition) is 3. The van der Waals surface area contributed by atoms with Gasteiger partial charge in [-0.05, 0) is 52.3 Å². The summed E-state index contributed by atoms with van der Waals surface area (Å²) in [6.07, 6.45) is 5.10. The van der Waals surface area contributed by atoms with Crippen LogP contribution in [0.1, 0.15) is 44.6 Å². The van der Waals surface area contributed by atoms with Crippen molar-refractivity contribution in [2.24, 2.45) is 0 Å². The summed E-state index contributed by atoms with van der Waals surface area (Å²) in [4.78, 5) is 29.4. The lowest BCUT2D eigenvalue weighted by Crippen LogP contribution is -2.57. The number of likely N-dealkylation sites (tertiary alicyclic amines) is 1. The smallest absolute Gasteiger partial charge is 0.237 e. The van der Waals surface area contributed by atoms with Gasteiger partial charge >= 0.3 is 0 Å². The van der Waals surface area contributed by atoms with Gasteiger partial charge in [0.2, 0.25) is 11.8 Å². The average molecular weight is 357 g/mol. The van der Waals surface area contributed by atoms with Gasteiger partial charge in [-0.15, -0.1) is 0 Å². The Labute approximate surface area is 156 Å². The first-order chi connectivity index (χ1) is 12.4. The molecule has 3 atom stereocenters. The van der Waals surface area contributed by atoms with Crippen LogP contribution < -0.4 is 5.32 Å². The molecule has 2 aliphatic heterocycles. The summed E-state index contributed by atoms with van der Waals surface area (Å²) in [6, 6.07) is 10.5. The molecule has 0 radical (unpaired) electrons. The van der Waals surface area contributed by atoms with Crippen LogP contribution in [0.4, 0.5) is 0 Å². The fourth-order valence-corrected chi connectivity index (χ4v) is 4.67. The second-order valence-electron chi connectivity index (χ2n) is 8.31. The molecule has 1 aromatic rings. The lowest BCUT2D eigenvalue weighted by Gasteiger charge is -2.38. The number of fused-ring (bicyclic) bond motifs is 1. The number of rotatable bonds is 4. The van der Waals surface area contributed by atoms with Crippen LogP contribution in [0, 0.1) is 0 Å². The van der Waals surface area contributed by atoms with Crippen molar-refractivity contribution in [2.45, 2.75) is 63.1 Å². The SMILES string of the molecule is CN(C)CC(=O)N1[C@H](Cc2ccccc2)C[C@]2(C)NC(=O)CCCC[C@H]12. The van der Waals surface area contributed by atoms with Crippen LogP contribution in [0.25, 0.3) is 0 Å². The summed E-state index contributed by atoms with van der Waals surface area (Å²) >= 11 is 0. The second kappa shape index (κ2) is 7.78. The number of hydrogen-bond donors (Lipinski definition) is 1. The highest BCUT2D eigenvalue weighted by Gasteiger charge is 2.51. The largest absolute Gasteiger partial charge is 0.349 e. The Balaban J connectivity index is 1.90. The van der Waals surface area contributed by atoms with E-state index in [1.807, 2.05) is 37.2 Å². The van der Waals surface area contributed by atoms with Crippen LogP contribution in [0.15, 0.2) is 30.3 Å². The highest BCUT2D eigenvalue weighted by molar-refractivity contribution is 5.81. The Morgan fingerprint density at radius 1 is 1.27 bits per heavy atom. The number of benzene rings is 1. The molecule has 0 saturated carbocycles. The number of carbonyl (C=O) groups excluding carboxylic acids is 2. The molecule has 5 heteroatoms. The van der Waals surface area contributed by atoms with Gasteiger partial charge in [0.1, 0.15) is 0 Å². The zero-order chi connectivity index (χ0) is 18.7. The summed E-state index contributed by atoms with van der Waals surface area (Å²) in [7, 11) is 3.86. The van der Waals surface area contributed by atoms with Crippen LogP contribution >= 0.6 is 0 Å². The van der Waals surface area contributed by atoms with E-state index in [0.717, 1.165) is 32.1 Å². The van der Waals surface area contributed by atoms with E-state index in [1.165, 1.54) is 5.56 Å². The molecule has 1 N–H and O–H groups in total. The van der Waals surface area contributed by atoms with Crippen molar-refractivity contribution in [2.75, 3.05) is 20.6 Å². The first-order valence-corrected chi connectivity index (χ1v) is 9.70. The van der Waals surface area contributed by atoms with Crippen molar-refractivity contribution in [3.63, 3.8) is 0 Å². The van der Waals surface area contributed by atoms with Crippen molar-refractivity contribution >= 4 is 11.8 Å². The van der Waals surface area contributed by atoms with Crippen LogP contribution in [-0.4, -0.2) is 59.9 Å². The first-order valence-electron chi connectivity index (χ1n) is 9.70. The molecule has 0 unspecified atom stereocenters. The minimum atomic E-state index is -0.334. The molecule has 2 fully saturated rings. The molecule has 0 aliphatic carbocycles. The minimum absolute atomic E-state index is 0.0768. The second-order valence-corrected chi connectivity index (χ2v) is 8.31. The summed E-state index contributed by atoms with van der Waals surface area (Å²) in [5.41, 5.74) is 0.906. The topological polar surface area (TPSA) is 52.7 Å². The van der Waals surface area contributed by atoms with Crippen LogP contribution in [0.2, 0.25) is 0 Å². The fraction of sp³-hybridized carbons (Fsp3) is 0.619. The highest BCUT2D eigenvalue weighted by atomic mass is 16.2. The van der Waals surface area contributed by atoms with E-state index in [9.17, 15) is 9.59 Å². The Bertz CT molecular complexity index is 646. The molecule has 0 spiro atoms. The zero-order valence-corrected chi connectivity index (χ0v) is 16.2. The van der Waals surface area contributed by atoms with Crippen LogP contribution in [0.3, 0.4) is 0 Å². The van der Waals surface area contributed by atoms with Gasteiger partial charge in [0, 0.05) is 12.5 Å². The quantitative estimate of drug-likeness (QED) is 0.899. The molecule has 2 saturated heterocycles. The van der Waals surface area contributed by atoms with E-state index in [1.54, 1.807) is 0 Å². The molecule has 1 aromatic carbocycles. The standard InChI is InChI=1S/C21H31N3O2/c1-21-14-17(13-16-9-5-4-6-10-16)24(20(26)15-23(2)3)18(21)11-7-8-12-19(25)22-21/h4-6,9-10,17-18H,7-8,11-15H2,1-3H3,(H,22,25)/t17-,18+,21+/m1/s1. The van der Waals surface area contributed by atoms with Gasteiger partial charge in [0.05, 0.1) is 18.1 Å². The van der Waals surface area contributed by atoms with Gasteiger partial charge < -0.3 is 15.1 Å². The van der Waals surface area contributed by atoms with Crippen LogP contribution in [0.5, 0.6) is 0 Å². The third-order valence-corrected chi connectivity index (χ3v) is 5.73. The first kappa shape index (κ1) is 18.9. The fourth-order valence-electron chi connectivity index (χ4n) is 4.67. The van der Waals surface area contributed by atoms with Gasteiger partial charge in [-0.1, -0.05) is 36.8 Å². The average Bonchev–Trinajstić information content (AvgIpc) is 2.81. The number of amides is 2. The van der Waals surface area contributed by atoms with Gasteiger partial charge in [0.15, 0.2) is 0 Å². The molecule has 5 nitrogen and oxygen atoms in total. The normalized spacial score (nSPS) is 29.1. The predicted molar refractivity (Wildman–Crippen MR) is 103 cm³/mol. The van der Waals surface area contributed by atoms with Crippen molar-refractivity contribution in [3.05, 3.63) is 35.9 Å². The van der Waals surface area contributed by atoms with E-state index in [2.05, 4.69) is 29.3 Å². The minimum Gasteiger partial charge on any atom is -0.349 e. The van der Waals surface area contributed by atoms with Gasteiger partial charge in [-0.25, -0.2) is 0 Å². The molecular weight excluding hydrogens is 326 g/mol. The van der Waals surface area contributed by atoms with Crippen molar-refractivity contribution in [1.82, 2.24) is 15.1 Å². The Kier molecular flexibility index (Phi) is 5.66. The van der Waals surface area contributed by atoms with E-state index < -0.39 is 0 Å². The summed E-state index contributed by atoms with van der Waals surface area (Å²) in [6.45, 7) is 2.54. The zero-order valence-electron chi connectivity index (χ0n) is 16.2. The van der Waals surface area contributed by atoms with Crippen molar-refractivity contribution in [1.29, 1.82) is 0 Å². The molecule has 2 heterocycles. The molecular formula is C21H31N3O2. The van der Waals surface area contributed by atoms with Gasteiger partial charge in [-0.3, -0.25) is 9.59 Å². The monoisotopic (exact) mass is 357 g/mol. The maximum atomic E-state index is 13.1.